The van der Waals surface area contributed by atoms with Crippen molar-refractivity contribution in [2.24, 2.45) is 5.10 Å². The van der Waals surface area contributed by atoms with Crippen molar-refractivity contribution in [1.29, 1.82) is 0 Å². The Morgan fingerprint density at radius 3 is 2.32 bits per heavy atom. The molecule has 1 N–H and O–H groups in total. The van der Waals surface area contributed by atoms with E-state index in [1.165, 1.54) is 18.3 Å². The molecule has 3 rings (SSSR count). The van der Waals surface area contributed by atoms with Crippen LogP contribution in [0, 0.1) is 10.1 Å². The molecule has 0 aliphatic rings. The van der Waals surface area contributed by atoms with Crippen LogP contribution in [0.25, 0.3) is 0 Å². The Morgan fingerprint density at radius 2 is 1.65 bits per heavy atom. The van der Waals surface area contributed by atoms with Crippen molar-refractivity contribution in [2.75, 3.05) is 13.2 Å². The summed E-state index contributed by atoms with van der Waals surface area (Å²) in [7, 11) is 0. The summed E-state index contributed by atoms with van der Waals surface area (Å²) in [5.41, 5.74) is 0.894. The number of rotatable bonds is 10. The topological polar surface area (TPSA) is 112 Å². The van der Waals surface area contributed by atoms with Crippen LogP contribution in [0.1, 0.15) is 35.3 Å². The van der Waals surface area contributed by atoms with E-state index in [1.807, 2.05) is 6.92 Å². The van der Waals surface area contributed by atoms with Crippen LogP contribution in [-0.2, 0) is 6.18 Å². The smallest absolute Gasteiger partial charge is 0.416 e. The first-order valence-electron chi connectivity index (χ1n) is 11.0. The van der Waals surface area contributed by atoms with Gasteiger partial charge >= 0.3 is 11.9 Å². The van der Waals surface area contributed by atoms with Gasteiger partial charge in [0.25, 0.3) is 5.91 Å². The minimum Gasteiger partial charge on any atom is -0.490 e. The molecule has 37 heavy (non-hydrogen) atoms. The molecule has 0 unspecified atom stereocenters. The molecule has 3 aromatic rings. The molecule has 0 heterocycles. The maximum Gasteiger partial charge on any atom is 0.416 e. The molecule has 0 bridgehead atoms. The van der Waals surface area contributed by atoms with Gasteiger partial charge in [0.15, 0.2) is 11.5 Å². The highest BCUT2D eigenvalue weighted by Gasteiger charge is 2.33. The summed E-state index contributed by atoms with van der Waals surface area (Å²) in [6.07, 6.45) is -3.51. The van der Waals surface area contributed by atoms with E-state index in [0.29, 0.717) is 42.4 Å². The van der Waals surface area contributed by atoms with Gasteiger partial charge in [0, 0.05) is 17.2 Å². The molecule has 3 aromatic carbocycles. The number of nitrogens with zero attached hydrogens (tertiary/aromatic N) is 2. The van der Waals surface area contributed by atoms with E-state index < -0.39 is 28.3 Å². The van der Waals surface area contributed by atoms with Crippen molar-refractivity contribution in [3.05, 3.63) is 87.5 Å². The van der Waals surface area contributed by atoms with Crippen LogP contribution < -0.4 is 19.6 Å². The fourth-order valence-corrected chi connectivity index (χ4v) is 3.14. The summed E-state index contributed by atoms with van der Waals surface area (Å²) in [5.74, 6) is 0.0338. The van der Waals surface area contributed by atoms with Gasteiger partial charge in [-0.3, -0.25) is 14.9 Å². The zero-order chi connectivity index (χ0) is 27.0. The minimum atomic E-state index is -4.75. The van der Waals surface area contributed by atoms with Gasteiger partial charge in [-0.2, -0.15) is 18.3 Å². The normalized spacial score (nSPS) is 11.3. The number of hydrazone groups is 1. The fourth-order valence-electron chi connectivity index (χ4n) is 3.14. The molecule has 12 heteroatoms. The Kier molecular flexibility index (Phi) is 8.67. The van der Waals surface area contributed by atoms with Crippen LogP contribution in [0.2, 0.25) is 0 Å². The molecule has 0 aliphatic carbocycles. The van der Waals surface area contributed by atoms with Crippen molar-refractivity contribution in [3.63, 3.8) is 0 Å². The molecule has 9 nitrogen and oxygen atoms in total. The van der Waals surface area contributed by atoms with E-state index in [4.69, 9.17) is 14.2 Å². The third kappa shape index (κ3) is 6.97. The lowest BCUT2D eigenvalue weighted by atomic mass is 10.1. The number of benzene rings is 3. The van der Waals surface area contributed by atoms with Crippen LogP contribution in [-0.4, -0.2) is 30.3 Å². The zero-order valence-electron chi connectivity index (χ0n) is 19.7. The first-order chi connectivity index (χ1) is 17.6. The highest BCUT2D eigenvalue weighted by atomic mass is 19.4. The number of nitrogens with one attached hydrogen (secondary N) is 1. The van der Waals surface area contributed by atoms with E-state index in [1.54, 1.807) is 37.3 Å². The van der Waals surface area contributed by atoms with Crippen LogP contribution in [0.3, 0.4) is 0 Å². The molecular weight excluding hydrogens is 495 g/mol. The van der Waals surface area contributed by atoms with Crippen molar-refractivity contribution in [2.45, 2.75) is 20.0 Å². The van der Waals surface area contributed by atoms with Gasteiger partial charge < -0.3 is 14.2 Å². The van der Waals surface area contributed by atoms with Gasteiger partial charge in [-0.15, -0.1) is 0 Å². The average molecular weight is 517 g/mol. The molecule has 1 amide bonds. The highest BCUT2D eigenvalue weighted by molar-refractivity contribution is 5.95. The maximum absolute atomic E-state index is 13.0. The highest BCUT2D eigenvalue weighted by Crippen LogP contribution is 2.38. The lowest BCUT2D eigenvalue weighted by molar-refractivity contribution is -0.385. The number of halogens is 3. The summed E-state index contributed by atoms with van der Waals surface area (Å²) in [4.78, 5) is 22.9. The van der Waals surface area contributed by atoms with E-state index in [0.717, 1.165) is 6.07 Å². The number of hydrogen-bond donors (Lipinski definition) is 1. The van der Waals surface area contributed by atoms with Gasteiger partial charge in [0.2, 0.25) is 5.75 Å². The Hall–Kier alpha value is -4.61. The number of para-hydroxylation sites is 1. The molecule has 0 saturated heterocycles. The Bertz CT molecular complexity index is 1310. The number of nitro groups is 1. The number of carbonyl (C=O) groups is 1. The largest absolute Gasteiger partial charge is 0.490 e. The van der Waals surface area contributed by atoms with Crippen molar-refractivity contribution >= 4 is 17.8 Å². The monoisotopic (exact) mass is 517 g/mol. The van der Waals surface area contributed by atoms with Crippen molar-refractivity contribution < 1.29 is 37.1 Å². The van der Waals surface area contributed by atoms with Gasteiger partial charge in [-0.25, -0.2) is 5.43 Å². The van der Waals surface area contributed by atoms with E-state index in [9.17, 15) is 28.1 Å². The predicted molar refractivity (Wildman–Crippen MR) is 128 cm³/mol. The number of nitro benzene ring substituents is 1. The van der Waals surface area contributed by atoms with Gasteiger partial charge in [-0.05, 0) is 56.3 Å². The molecule has 0 fully saturated rings. The summed E-state index contributed by atoms with van der Waals surface area (Å²) in [6, 6.07) is 12.8. The fraction of sp³-hybridized carbons (Fsp3) is 0.200. The summed E-state index contributed by atoms with van der Waals surface area (Å²) < 4.78 is 55.4. The van der Waals surface area contributed by atoms with Gasteiger partial charge in [0.05, 0.1) is 29.9 Å². The molecule has 0 aromatic heterocycles. The molecule has 0 saturated carbocycles. The minimum absolute atomic E-state index is 0.0723. The Morgan fingerprint density at radius 1 is 0.973 bits per heavy atom. The number of alkyl halides is 3. The van der Waals surface area contributed by atoms with Gasteiger partial charge in [0.1, 0.15) is 5.75 Å². The van der Waals surface area contributed by atoms with Crippen LogP contribution in [0.5, 0.6) is 23.0 Å². The molecular formula is C25H22F3N3O6. The van der Waals surface area contributed by atoms with E-state index in [2.05, 4.69) is 10.5 Å². The van der Waals surface area contributed by atoms with E-state index >= 15 is 0 Å². The lowest BCUT2D eigenvalue weighted by Gasteiger charge is -2.12. The van der Waals surface area contributed by atoms with Crippen LogP contribution in [0.15, 0.2) is 65.8 Å². The second-order valence-corrected chi connectivity index (χ2v) is 7.30. The summed E-state index contributed by atoms with van der Waals surface area (Å²) in [6.45, 7) is 4.41. The zero-order valence-corrected chi connectivity index (χ0v) is 19.7. The average Bonchev–Trinajstić information content (AvgIpc) is 2.85. The van der Waals surface area contributed by atoms with E-state index in [-0.39, 0.29) is 17.1 Å². The van der Waals surface area contributed by atoms with Gasteiger partial charge in [-0.1, -0.05) is 12.1 Å². The second kappa shape index (κ2) is 11.9. The molecule has 0 spiro atoms. The number of amides is 1. The van der Waals surface area contributed by atoms with Crippen molar-refractivity contribution in [3.8, 4) is 23.0 Å². The molecule has 0 radical (unpaired) electrons. The Balaban J connectivity index is 1.79. The number of ether oxygens (including phenoxy) is 3. The third-order valence-electron chi connectivity index (χ3n) is 4.80. The first-order valence-corrected chi connectivity index (χ1v) is 11.0. The summed E-state index contributed by atoms with van der Waals surface area (Å²) >= 11 is 0. The quantitative estimate of drug-likeness (QED) is 0.202. The predicted octanol–water partition coefficient (Wildman–Crippen LogP) is 5.97. The number of hydrogen-bond acceptors (Lipinski definition) is 7. The summed E-state index contributed by atoms with van der Waals surface area (Å²) in [5, 5.41) is 15.2. The molecule has 0 aliphatic heterocycles. The second-order valence-electron chi connectivity index (χ2n) is 7.30. The SMILES string of the molecule is CCOc1ccc(C(=O)N/N=C/c2ccccc2Oc2ccc(C(F)(F)F)cc2[N+](=O)[O-])cc1OCC. The Labute approximate surface area is 209 Å². The van der Waals surface area contributed by atoms with Crippen LogP contribution in [0.4, 0.5) is 18.9 Å². The van der Waals surface area contributed by atoms with Crippen molar-refractivity contribution in [1.82, 2.24) is 5.43 Å². The molecule has 0 atom stereocenters. The standard InChI is InChI=1S/C25H22F3N3O6/c1-3-35-22-11-9-16(13-23(22)36-4-2)24(32)30-29-15-17-7-5-6-8-20(17)37-21-12-10-18(25(26,27)28)14-19(21)31(33)34/h5-15H,3-4H2,1-2H3,(H,30,32)/b29-15+. The molecule has 194 valence electrons. The van der Waals surface area contributed by atoms with Crippen LogP contribution >= 0.6 is 0 Å². The third-order valence-corrected chi connectivity index (χ3v) is 4.80. The maximum atomic E-state index is 13.0. The lowest BCUT2D eigenvalue weighted by Crippen LogP contribution is -2.17. The first kappa shape index (κ1) is 27.0. The number of carbonyl (C=O) groups excluding carboxylic acids is 1.